The molecule has 0 radical (unpaired) electrons. The summed E-state index contributed by atoms with van der Waals surface area (Å²) in [4.78, 5) is 12.4. The normalized spacial score (nSPS) is 16.2. The number of hydrogen-bond acceptors (Lipinski definition) is 1. The van der Waals surface area contributed by atoms with Crippen LogP contribution in [0.15, 0.2) is 17.1 Å². The average molecular weight is 233 g/mol. The SMILES string of the molecule is CCCn1cc(C2CC2)cc(C(C)(C)C)c1=O. The van der Waals surface area contributed by atoms with E-state index >= 15 is 0 Å². The summed E-state index contributed by atoms with van der Waals surface area (Å²) < 4.78 is 1.91. The summed E-state index contributed by atoms with van der Waals surface area (Å²) in [6.45, 7) is 9.32. The maximum Gasteiger partial charge on any atom is 0.254 e. The summed E-state index contributed by atoms with van der Waals surface area (Å²) in [6.07, 6.45) is 5.66. The smallest absolute Gasteiger partial charge is 0.254 e. The van der Waals surface area contributed by atoms with Crippen molar-refractivity contribution in [3.05, 3.63) is 33.7 Å². The van der Waals surface area contributed by atoms with Crippen molar-refractivity contribution in [2.75, 3.05) is 0 Å². The zero-order chi connectivity index (χ0) is 12.6. The zero-order valence-corrected chi connectivity index (χ0v) is 11.4. The van der Waals surface area contributed by atoms with Gasteiger partial charge in [-0.05, 0) is 42.2 Å². The summed E-state index contributed by atoms with van der Waals surface area (Å²) in [6, 6.07) is 2.14. The van der Waals surface area contributed by atoms with Crippen molar-refractivity contribution in [2.45, 2.75) is 64.8 Å². The van der Waals surface area contributed by atoms with E-state index in [4.69, 9.17) is 0 Å². The van der Waals surface area contributed by atoms with E-state index in [9.17, 15) is 4.79 Å². The van der Waals surface area contributed by atoms with E-state index in [1.807, 2.05) is 4.57 Å². The van der Waals surface area contributed by atoms with Crippen LogP contribution in [0.4, 0.5) is 0 Å². The molecule has 1 saturated carbocycles. The molecule has 1 heterocycles. The highest BCUT2D eigenvalue weighted by atomic mass is 16.1. The average Bonchev–Trinajstić information content (AvgIpc) is 3.03. The fraction of sp³-hybridized carbons (Fsp3) is 0.667. The van der Waals surface area contributed by atoms with Gasteiger partial charge in [-0.1, -0.05) is 27.7 Å². The second kappa shape index (κ2) is 4.32. The first-order chi connectivity index (χ1) is 7.93. The molecule has 17 heavy (non-hydrogen) atoms. The molecule has 0 saturated heterocycles. The van der Waals surface area contributed by atoms with Crippen LogP contribution in [0, 0.1) is 0 Å². The van der Waals surface area contributed by atoms with E-state index in [-0.39, 0.29) is 11.0 Å². The van der Waals surface area contributed by atoms with Gasteiger partial charge in [-0.25, -0.2) is 0 Å². The van der Waals surface area contributed by atoms with Gasteiger partial charge in [-0.15, -0.1) is 0 Å². The molecule has 2 nitrogen and oxygen atoms in total. The van der Waals surface area contributed by atoms with Gasteiger partial charge in [-0.2, -0.15) is 0 Å². The predicted molar refractivity (Wildman–Crippen MR) is 71.7 cm³/mol. The van der Waals surface area contributed by atoms with E-state index < -0.39 is 0 Å². The molecule has 1 aromatic heterocycles. The zero-order valence-electron chi connectivity index (χ0n) is 11.4. The highest BCUT2D eigenvalue weighted by molar-refractivity contribution is 5.29. The van der Waals surface area contributed by atoms with E-state index in [2.05, 4.69) is 40.0 Å². The van der Waals surface area contributed by atoms with Gasteiger partial charge in [-0.3, -0.25) is 4.79 Å². The second-order valence-electron chi connectivity index (χ2n) is 6.21. The van der Waals surface area contributed by atoms with E-state index in [1.54, 1.807) is 0 Å². The molecule has 0 amide bonds. The van der Waals surface area contributed by atoms with Gasteiger partial charge in [0.1, 0.15) is 0 Å². The minimum atomic E-state index is -0.0581. The van der Waals surface area contributed by atoms with Crippen molar-refractivity contribution in [3.63, 3.8) is 0 Å². The van der Waals surface area contributed by atoms with Crippen molar-refractivity contribution < 1.29 is 0 Å². The lowest BCUT2D eigenvalue weighted by atomic mass is 9.87. The number of aromatic nitrogens is 1. The third-order valence-electron chi connectivity index (χ3n) is 3.43. The quantitative estimate of drug-likeness (QED) is 0.784. The molecular weight excluding hydrogens is 210 g/mol. The molecular formula is C15H23NO. The Morgan fingerprint density at radius 2 is 2.00 bits per heavy atom. The molecule has 1 aromatic rings. The minimum Gasteiger partial charge on any atom is -0.315 e. The molecule has 1 fully saturated rings. The number of rotatable bonds is 3. The molecule has 0 unspecified atom stereocenters. The van der Waals surface area contributed by atoms with E-state index in [0.29, 0.717) is 5.92 Å². The molecule has 0 spiro atoms. The molecule has 1 aliphatic carbocycles. The van der Waals surface area contributed by atoms with Crippen LogP contribution < -0.4 is 5.56 Å². The third-order valence-corrected chi connectivity index (χ3v) is 3.43. The monoisotopic (exact) mass is 233 g/mol. The van der Waals surface area contributed by atoms with E-state index in [1.165, 1.54) is 18.4 Å². The Bertz CT molecular complexity index is 461. The van der Waals surface area contributed by atoms with Crippen molar-refractivity contribution in [1.82, 2.24) is 4.57 Å². The maximum atomic E-state index is 12.4. The summed E-state index contributed by atoms with van der Waals surface area (Å²) in [5.41, 5.74) is 2.47. The van der Waals surface area contributed by atoms with Gasteiger partial charge < -0.3 is 4.57 Å². The highest BCUT2D eigenvalue weighted by Gasteiger charge is 2.27. The molecule has 0 aromatic carbocycles. The Balaban J connectivity index is 2.53. The molecule has 94 valence electrons. The first-order valence-corrected chi connectivity index (χ1v) is 6.68. The van der Waals surface area contributed by atoms with Crippen molar-refractivity contribution in [1.29, 1.82) is 0 Å². The number of hydrogen-bond donors (Lipinski definition) is 0. The molecule has 2 heteroatoms. The Labute approximate surface area is 104 Å². The third kappa shape index (κ3) is 2.62. The van der Waals surface area contributed by atoms with Crippen LogP contribution >= 0.6 is 0 Å². The Hall–Kier alpha value is -1.05. The van der Waals surface area contributed by atoms with Crippen LogP contribution in [0.5, 0.6) is 0 Å². The fourth-order valence-corrected chi connectivity index (χ4v) is 2.24. The number of pyridine rings is 1. The maximum absolute atomic E-state index is 12.4. The van der Waals surface area contributed by atoms with Gasteiger partial charge in [0.15, 0.2) is 0 Å². The molecule has 2 rings (SSSR count). The largest absolute Gasteiger partial charge is 0.315 e. The first-order valence-electron chi connectivity index (χ1n) is 6.68. The van der Waals surface area contributed by atoms with Gasteiger partial charge in [0.25, 0.3) is 5.56 Å². The van der Waals surface area contributed by atoms with Crippen LogP contribution in [0.25, 0.3) is 0 Å². The van der Waals surface area contributed by atoms with Gasteiger partial charge in [0.05, 0.1) is 0 Å². The van der Waals surface area contributed by atoms with Crippen LogP contribution in [0.3, 0.4) is 0 Å². The summed E-state index contributed by atoms with van der Waals surface area (Å²) in [7, 11) is 0. The molecule has 0 aliphatic heterocycles. The van der Waals surface area contributed by atoms with Gasteiger partial charge >= 0.3 is 0 Å². The minimum absolute atomic E-state index is 0.0581. The lowest BCUT2D eigenvalue weighted by Gasteiger charge is -2.21. The van der Waals surface area contributed by atoms with Crippen molar-refractivity contribution in [2.24, 2.45) is 0 Å². The number of nitrogens with zero attached hydrogens (tertiary/aromatic N) is 1. The standard InChI is InChI=1S/C15H23NO/c1-5-8-16-10-12(11-6-7-11)9-13(14(16)17)15(2,3)4/h9-11H,5-8H2,1-4H3. The highest BCUT2D eigenvalue weighted by Crippen LogP contribution is 2.40. The summed E-state index contributed by atoms with van der Waals surface area (Å²) in [5.74, 6) is 0.708. The van der Waals surface area contributed by atoms with Crippen molar-refractivity contribution in [3.8, 4) is 0 Å². The number of aryl methyl sites for hydroxylation is 1. The van der Waals surface area contributed by atoms with Gasteiger partial charge in [0.2, 0.25) is 0 Å². The lowest BCUT2D eigenvalue weighted by Crippen LogP contribution is -2.30. The lowest BCUT2D eigenvalue weighted by molar-refractivity contribution is 0.555. The molecule has 1 aliphatic rings. The second-order valence-corrected chi connectivity index (χ2v) is 6.21. The fourth-order valence-electron chi connectivity index (χ4n) is 2.24. The first kappa shape index (κ1) is 12.4. The van der Waals surface area contributed by atoms with Crippen LogP contribution in [-0.4, -0.2) is 4.57 Å². The molecule has 0 bridgehead atoms. The predicted octanol–water partition coefficient (Wildman–Crippen LogP) is 3.43. The van der Waals surface area contributed by atoms with Crippen molar-refractivity contribution >= 4 is 0 Å². The summed E-state index contributed by atoms with van der Waals surface area (Å²) in [5, 5.41) is 0. The topological polar surface area (TPSA) is 22.0 Å². The Kier molecular flexibility index (Phi) is 3.15. The van der Waals surface area contributed by atoms with Crippen LogP contribution in [0.2, 0.25) is 0 Å². The molecule has 0 atom stereocenters. The van der Waals surface area contributed by atoms with E-state index in [0.717, 1.165) is 18.5 Å². The Morgan fingerprint density at radius 1 is 1.35 bits per heavy atom. The Morgan fingerprint density at radius 3 is 2.47 bits per heavy atom. The van der Waals surface area contributed by atoms with Gasteiger partial charge in [0, 0.05) is 18.3 Å². The summed E-state index contributed by atoms with van der Waals surface area (Å²) >= 11 is 0. The van der Waals surface area contributed by atoms with Crippen LogP contribution in [0.1, 0.15) is 64.0 Å². The van der Waals surface area contributed by atoms with Crippen LogP contribution in [-0.2, 0) is 12.0 Å². The molecule has 0 N–H and O–H groups in total.